The second-order valence-electron chi connectivity index (χ2n) is 4.56. The molecule has 0 saturated carbocycles. The Balaban J connectivity index is 1.58. The molecule has 0 aliphatic rings. The van der Waals surface area contributed by atoms with Gasteiger partial charge in [-0.15, -0.1) is 10.2 Å². The van der Waals surface area contributed by atoms with Gasteiger partial charge in [-0.1, -0.05) is 65.6 Å². The normalized spacial score (nSPS) is 11.1. The largest absolute Gasteiger partial charge is 0.374 e. The third-order valence-corrected chi connectivity index (χ3v) is 4.85. The summed E-state index contributed by atoms with van der Waals surface area (Å²) in [7, 11) is 0. The number of nitrogens with zero attached hydrogens (tertiary/aromatic N) is 3. The minimum absolute atomic E-state index is 0.208. The summed E-state index contributed by atoms with van der Waals surface area (Å²) < 4.78 is 0.663. The van der Waals surface area contributed by atoms with Gasteiger partial charge < -0.3 is 5.73 Å². The molecule has 0 radical (unpaired) electrons. The van der Waals surface area contributed by atoms with Crippen molar-refractivity contribution in [1.29, 1.82) is 0 Å². The molecule has 23 heavy (non-hydrogen) atoms. The van der Waals surface area contributed by atoms with E-state index >= 15 is 0 Å². The van der Waals surface area contributed by atoms with Gasteiger partial charge in [-0.25, -0.2) is 5.43 Å². The number of hydrogen-bond donors (Lipinski definition) is 2. The summed E-state index contributed by atoms with van der Waals surface area (Å²) in [6, 6.07) is 14.0. The van der Waals surface area contributed by atoms with Crippen LogP contribution in [0, 0.1) is 0 Å². The predicted molar refractivity (Wildman–Crippen MR) is 94.7 cm³/mol. The molecule has 3 rings (SSSR count). The molecule has 3 N–H and O–H groups in total. The Morgan fingerprint density at radius 3 is 2.91 bits per heavy atom. The zero-order valence-corrected chi connectivity index (χ0v) is 13.6. The lowest BCUT2D eigenvalue weighted by Crippen LogP contribution is -2.19. The number of fused-ring (bicyclic) bond motifs is 1. The van der Waals surface area contributed by atoms with Crippen molar-refractivity contribution in [3.8, 4) is 0 Å². The summed E-state index contributed by atoms with van der Waals surface area (Å²) in [5, 5.41) is 14.2. The topological polar surface area (TPSA) is 93.3 Å². The van der Waals surface area contributed by atoms with Gasteiger partial charge in [0.1, 0.15) is 0 Å². The highest BCUT2D eigenvalue weighted by Crippen LogP contribution is 2.23. The van der Waals surface area contributed by atoms with Gasteiger partial charge in [-0.2, -0.15) is 5.10 Å². The highest BCUT2D eigenvalue weighted by molar-refractivity contribution is 8.01. The fourth-order valence-electron chi connectivity index (χ4n) is 1.98. The van der Waals surface area contributed by atoms with Crippen LogP contribution in [0.2, 0.25) is 0 Å². The first-order valence-corrected chi connectivity index (χ1v) is 8.54. The van der Waals surface area contributed by atoms with Crippen molar-refractivity contribution in [2.45, 2.75) is 4.34 Å². The number of thioether (sulfide) groups is 1. The van der Waals surface area contributed by atoms with Gasteiger partial charge in [0.25, 0.3) is 5.91 Å². The summed E-state index contributed by atoms with van der Waals surface area (Å²) in [6.45, 7) is 0. The van der Waals surface area contributed by atoms with Crippen LogP contribution in [-0.2, 0) is 4.79 Å². The fraction of sp³-hybridized carbons (Fsp3) is 0.0667. The van der Waals surface area contributed by atoms with E-state index < -0.39 is 0 Å². The molecule has 0 spiro atoms. The van der Waals surface area contributed by atoms with E-state index in [2.05, 4.69) is 20.7 Å². The molecular weight excluding hydrogens is 330 g/mol. The van der Waals surface area contributed by atoms with Gasteiger partial charge in [0.2, 0.25) is 5.13 Å². The molecule has 6 nitrogen and oxygen atoms in total. The lowest BCUT2D eigenvalue weighted by molar-refractivity contribution is -0.118. The molecule has 2 aromatic carbocycles. The summed E-state index contributed by atoms with van der Waals surface area (Å²) >= 11 is 2.53. The van der Waals surface area contributed by atoms with Gasteiger partial charge in [0.05, 0.1) is 12.0 Å². The molecule has 1 amide bonds. The number of nitrogens with one attached hydrogen (secondary N) is 1. The van der Waals surface area contributed by atoms with E-state index in [0.29, 0.717) is 9.47 Å². The highest BCUT2D eigenvalue weighted by Gasteiger charge is 2.06. The molecule has 0 unspecified atom stereocenters. The number of carbonyl (C=O) groups is 1. The third kappa shape index (κ3) is 4.05. The van der Waals surface area contributed by atoms with Crippen LogP contribution >= 0.6 is 23.1 Å². The predicted octanol–water partition coefficient (Wildman–Crippen LogP) is 2.52. The summed E-state index contributed by atoms with van der Waals surface area (Å²) in [5.41, 5.74) is 8.94. The minimum Gasteiger partial charge on any atom is -0.374 e. The number of benzene rings is 2. The van der Waals surface area contributed by atoms with Crippen LogP contribution in [0.15, 0.2) is 51.9 Å². The Morgan fingerprint density at radius 2 is 2.09 bits per heavy atom. The van der Waals surface area contributed by atoms with E-state index in [1.54, 1.807) is 6.21 Å². The van der Waals surface area contributed by atoms with E-state index in [9.17, 15) is 4.79 Å². The number of rotatable bonds is 5. The average molecular weight is 343 g/mol. The maximum atomic E-state index is 11.8. The lowest BCUT2D eigenvalue weighted by Gasteiger charge is -2.01. The molecule has 0 saturated heterocycles. The van der Waals surface area contributed by atoms with Crippen molar-refractivity contribution >= 4 is 51.1 Å². The first-order chi connectivity index (χ1) is 11.2. The highest BCUT2D eigenvalue weighted by atomic mass is 32.2. The Kier molecular flexibility index (Phi) is 4.84. The molecule has 8 heteroatoms. The number of hydrogen-bond acceptors (Lipinski definition) is 7. The maximum Gasteiger partial charge on any atom is 0.250 e. The van der Waals surface area contributed by atoms with Gasteiger partial charge in [0.15, 0.2) is 4.34 Å². The zero-order valence-electron chi connectivity index (χ0n) is 12.0. The van der Waals surface area contributed by atoms with Crippen LogP contribution < -0.4 is 11.2 Å². The minimum atomic E-state index is -0.208. The molecule has 3 aromatic rings. The van der Waals surface area contributed by atoms with Crippen molar-refractivity contribution < 1.29 is 4.79 Å². The number of anilines is 1. The molecule has 0 bridgehead atoms. The first-order valence-electron chi connectivity index (χ1n) is 6.74. The van der Waals surface area contributed by atoms with Gasteiger partial charge >= 0.3 is 0 Å². The van der Waals surface area contributed by atoms with Crippen molar-refractivity contribution in [2.24, 2.45) is 5.10 Å². The lowest BCUT2D eigenvalue weighted by atomic mass is 10.1. The molecule has 0 aliphatic heterocycles. The van der Waals surface area contributed by atoms with Crippen LogP contribution in [0.1, 0.15) is 5.56 Å². The number of nitrogens with two attached hydrogens (primary N) is 1. The second-order valence-corrected chi connectivity index (χ2v) is 6.79. The van der Waals surface area contributed by atoms with Crippen molar-refractivity contribution in [3.63, 3.8) is 0 Å². The van der Waals surface area contributed by atoms with E-state index in [1.165, 1.54) is 23.1 Å². The zero-order chi connectivity index (χ0) is 16.1. The quantitative estimate of drug-likeness (QED) is 0.422. The monoisotopic (exact) mass is 343 g/mol. The van der Waals surface area contributed by atoms with Crippen LogP contribution in [0.5, 0.6) is 0 Å². The van der Waals surface area contributed by atoms with Gasteiger partial charge in [-0.05, 0) is 10.8 Å². The molecule has 116 valence electrons. The van der Waals surface area contributed by atoms with Crippen LogP contribution in [0.4, 0.5) is 5.13 Å². The first kappa shape index (κ1) is 15.4. The molecule has 0 aliphatic carbocycles. The number of amides is 1. The van der Waals surface area contributed by atoms with Crippen LogP contribution in [0.3, 0.4) is 0 Å². The van der Waals surface area contributed by atoms with E-state index in [0.717, 1.165) is 16.3 Å². The standard InChI is InChI=1S/C15H13N5OS2/c16-14-19-20-15(23-14)22-9-13(21)18-17-8-11-6-3-5-10-4-1-2-7-12(10)11/h1-8H,9H2,(H2,16,19)(H,18,21). The van der Waals surface area contributed by atoms with Crippen molar-refractivity contribution in [3.05, 3.63) is 48.0 Å². The Labute approximate surface area is 140 Å². The smallest absolute Gasteiger partial charge is 0.250 e. The summed E-state index contributed by atoms with van der Waals surface area (Å²) in [5.74, 6) is 0.00174. The third-order valence-electron chi connectivity index (χ3n) is 2.97. The molecule has 1 heterocycles. The summed E-state index contributed by atoms with van der Waals surface area (Å²) in [4.78, 5) is 11.8. The molecule has 0 atom stereocenters. The Hall–Kier alpha value is -2.45. The van der Waals surface area contributed by atoms with E-state index in [-0.39, 0.29) is 11.7 Å². The van der Waals surface area contributed by atoms with E-state index in [4.69, 9.17) is 5.73 Å². The molecule has 0 fully saturated rings. The van der Waals surface area contributed by atoms with Crippen molar-refractivity contribution in [1.82, 2.24) is 15.6 Å². The van der Waals surface area contributed by atoms with E-state index in [1.807, 2.05) is 42.5 Å². The van der Waals surface area contributed by atoms with Crippen molar-refractivity contribution in [2.75, 3.05) is 11.5 Å². The number of carbonyl (C=O) groups excluding carboxylic acids is 1. The summed E-state index contributed by atoms with van der Waals surface area (Å²) in [6.07, 6.45) is 1.65. The number of nitrogen functional groups attached to an aromatic ring is 1. The van der Waals surface area contributed by atoms with Crippen LogP contribution in [-0.4, -0.2) is 28.1 Å². The maximum absolute atomic E-state index is 11.8. The Bertz CT molecular complexity index is 856. The van der Waals surface area contributed by atoms with Gasteiger partial charge in [-0.3, -0.25) is 4.79 Å². The Morgan fingerprint density at radius 1 is 1.26 bits per heavy atom. The number of aromatic nitrogens is 2. The molecular formula is C15H13N5OS2. The van der Waals surface area contributed by atoms with Gasteiger partial charge in [0, 0.05) is 5.56 Å². The van der Waals surface area contributed by atoms with Crippen LogP contribution in [0.25, 0.3) is 10.8 Å². The molecule has 1 aromatic heterocycles. The average Bonchev–Trinajstić information content (AvgIpc) is 2.99. The SMILES string of the molecule is Nc1nnc(SCC(=O)NN=Cc2cccc3ccccc23)s1. The fourth-order valence-corrected chi connectivity index (χ4v) is 3.40. The second kappa shape index (κ2) is 7.21. The number of hydrazone groups is 1.